The normalized spacial score (nSPS) is 25.0. The van der Waals surface area contributed by atoms with Gasteiger partial charge in [-0.1, -0.05) is 6.07 Å². The summed E-state index contributed by atoms with van der Waals surface area (Å²) in [6, 6.07) is 4.30. The number of carbonyl (C=O) groups excluding carboxylic acids is 2. The summed E-state index contributed by atoms with van der Waals surface area (Å²) in [6.45, 7) is 1.84. The minimum Gasteiger partial charge on any atom is -0.348 e. The Morgan fingerprint density at radius 2 is 1.96 bits per heavy atom. The molecule has 2 atom stereocenters. The van der Waals surface area contributed by atoms with Gasteiger partial charge in [0, 0.05) is 24.3 Å². The van der Waals surface area contributed by atoms with E-state index in [-0.39, 0.29) is 29.9 Å². The van der Waals surface area contributed by atoms with Gasteiger partial charge in [-0.25, -0.2) is 4.98 Å². The molecule has 0 aromatic carbocycles. The fourth-order valence-electron chi connectivity index (χ4n) is 3.92. The molecule has 4 rings (SSSR count). The minimum atomic E-state index is -0.185. The van der Waals surface area contributed by atoms with Crippen LogP contribution in [-0.4, -0.2) is 44.8 Å². The first-order chi connectivity index (χ1) is 12.1. The molecular weight excluding hydrogens is 336 g/mol. The number of fused-ring (bicyclic) bond motifs is 2. The SMILES string of the molecule is Cc1cnc(C(=O)NC2CC3CCC(C2)N3C(=O)c2cccs2)cn1. The number of thiophene rings is 1. The second kappa shape index (κ2) is 6.55. The highest BCUT2D eigenvalue weighted by Gasteiger charge is 2.44. The average molecular weight is 356 g/mol. The Labute approximate surface area is 150 Å². The van der Waals surface area contributed by atoms with Crippen LogP contribution in [0.15, 0.2) is 29.9 Å². The van der Waals surface area contributed by atoms with Gasteiger partial charge < -0.3 is 10.2 Å². The van der Waals surface area contributed by atoms with Crippen molar-refractivity contribution in [3.63, 3.8) is 0 Å². The highest BCUT2D eigenvalue weighted by Crippen LogP contribution is 2.37. The van der Waals surface area contributed by atoms with E-state index < -0.39 is 0 Å². The molecule has 0 aliphatic carbocycles. The van der Waals surface area contributed by atoms with Crippen LogP contribution in [0.4, 0.5) is 0 Å². The van der Waals surface area contributed by atoms with Crippen LogP contribution in [-0.2, 0) is 0 Å². The van der Waals surface area contributed by atoms with Gasteiger partial charge >= 0.3 is 0 Å². The molecule has 2 aliphatic heterocycles. The standard InChI is InChI=1S/C18H20N4O2S/c1-11-9-20-15(10-19-11)17(23)21-12-7-13-4-5-14(8-12)22(13)18(24)16-3-2-6-25-16/h2-3,6,9-10,12-14H,4-5,7-8H2,1H3,(H,21,23). The fourth-order valence-corrected chi connectivity index (χ4v) is 4.59. The summed E-state index contributed by atoms with van der Waals surface area (Å²) in [7, 11) is 0. The molecule has 0 radical (unpaired) electrons. The van der Waals surface area contributed by atoms with Crippen molar-refractivity contribution in [1.29, 1.82) is 0 Å². The molecule has 2 saturated heterocycles. The third-order valence-corrected chi connectivity index (χ3v) is 5.91. The molecule has 2 unspecified atom stereocenters. The lowest BCUT2D eigenvalue weighted by Gasteiger charge is -2.39. The van der Waals surface area contributed by atoms with Crippen molar-refractivity contribution in [1.82, 2.24) is 20.2 Å². The first-order valence-electron chi connectivity index (χ1n) is 8.57. The molecule has 2 amide bonds. The Bertz CT molecular complexity index is 761. The number of nitrogens with zero attached hydrogens (tertiary/aromatic N) is 3. The Balaban J connectivity index is 1.42. The first kappa shape index (κ1) is 16.2. The molecule has 2 aromatic heterocycles. The monoisotopic (exact) mass is 356 g/mol. The maximum atomic E-state index is 12.7. The maximum Gasteiger partial charge on any atom is 0.271 e. The van der Waals surface area contributed by atoms with Gasteiger partial charge in [0.25, 0.3) is 11.8 Å². The fraction of sp³-hybridized carbons (Fsp3) is 0.444. The van der Waals surface area contributed by atoms with Crippen molar-refractivity contribution < 1.29 is 9.59 Å². The second-order valence-corrected chi connectivity index (χ2v) is 7.71. The summed E-state index contributed by atoms with van der Waals surface area (Å²) in [5, 5.41) is 5.01. The summed E-state index contributed by atoms with van der Waals surface area (Å²) >= 11 is 1.49. The minimum absolute atomic E-state index is 0.0838. The number of nitrogens with one attached hydrogen (secondary N) is 1. The lowest BCUT2D eigenvalue weighted by atomic mass is 9.97. The highest BCUT2D eigenvalue weighted by atomic mass is 32.1. The van der Waals surface area contributed by atoms with E-state index in [1.54, 1.807) is 6.20 Å². The molecule has 2 aliphatic rings. The van der Waals surface area contributed by atoms with Crippen LogP contribution in [0.3, 0.4) is 0 Å². The molecule has 130 valence electrons. The van der Waals surface area contributed by atoms with Gasteiger partial charge in [0.05, 0.1) is 16.8 Å². The molecule has 2 aromatic rings. The first-order valence-corrected chi connectivity index (χ1v) is 9.45. The van der Waals surface area contributed by atoms with Gasteiger partial charge in [0.2, 0.25) is 0 Å². The second-order valence-electron chi connectivity index (χ2n) is 6.76. The van der Waals surface area contributed by atoms with Crippen LogP contribution in [0.2, 0.25) is 0 Å². The zero-order valence-electron chi connectivity index (χ0n) is 14.0. The van der Waals surface area contributed by atoms with E-state index in [9.17, 15) is 9.59 Å². The van der Waals surface area contributed by atoms with Crippen molar-refractivity contribution in [2.24, 2.45) is 0 Å². The maximum absolute atomic E-state index is 12.7. The number of piperidine rings is 1. The van der Waals surface area contributed by atoms with Crippen LogP contribution in [0.5, 0.6) is 0 Å². The van der Waals surface area contributed by atoms with Gasteiger partial charge in [-0.05, 0) is 44.1 Å². The summed E-state index contributed by atoms with van der Waals surface area (Å²) in [4.78, 5) is 36.2. The van der Waals surface area contributed by atoms with Gasteiger partial charge in [0.15, 0.2) is 0 Å². The summed E-state index contributed by atoms with van der Waals surface area (Å²) < 4.78 is 0. The van der Waals surface area contributed by atoms with Crippen molar-refractivity contribution >= 4 is 23.2 Å². The lowest BCUT2D eigenvalue weighted by Crippen LogP contribution is -2.52. The molecule has 6 nitrogen and oxygen atoms in total. The Morgan fingerprint density at radius 3 is 2.56 bits per heavy atom. The van der Waals surface area contributed by atoms with E-state index in [0.29, 0.717) is 5.69 Å². The van der Waals surface area contributed by atoms with Crippen LogP contribution in [0, 0.1) is 6.92 Å². The number of rotatable bonds is 3. The van der Waals surface area contributed by atoms with Crippen molar-refractivity contribution in [2.75, 3.05) is 0 Å². The van der Waals surface area contributed by atoms with Crippen molar-refractivity contribution in [2.45, 2.75) is 50.7 Å². The zero-order valence-corrected chi connectivity index (χ0v) is 14.8. The third-order valence-electron chi connectivity index (χ3n) is 5.05. The summed E-state index contributed by atoms with van der Waals surface area (Å²) in [5.74, 6) is -0.0494. The number of hydrogen-bond acceptors (Lipinski definition) is 5. The molecule has 2 fully saturated rings. The van der Waals surface area contributed by atoms with Crippen LogP contribution in [0.25, 0.3) is 0 Å². The number of aromatic nitrogens is 2. The molecule has 1 N–H and O–H groups in total. The quantitative estimate of drug-likeness (QED) is 0.916. The zero-order chi connectivity index (χ0) is 17.4. The van der Waals surface area contributed by atoms with Gasteiger partial charge in [-0.15, -0.1) is 11.3 Å². The van der Waals surface area contributed by atoms with E-state index in [0.717, 1.165) is 36.3 Å². The molecule has 0 saturated carbocycles. The molecule has 25 heavy (non-hydrogen) atoms. The van der Waals surface area contributed by atoms with Gasteiger partial charge in [-0.3, -0.25) is 14.6 Å². The van der Waals surface area contributed by atoms with E-state index in [2.05, 4.69) is 15.3 Å². The van der Waals surface area contributed by atoms with Crippen LogP contribution >= 0.6 is 11.3 Å². The summed E-state index contributed by atoms with van der Waals surface area (Å²) in [5.41, 5.74) is 1.13. The molecule has 2 bridgehead atoms. The largest absolute Gasteiger partial charge is 0.348 e. The van der Waals surface area contributed by atoms with E-state index in [4.69, 9.17) is 0 Å². The number of amides is 2. The molecule has 0 spiro atoms. The molecular formula is C18H20N4O2S. The van der Waals surface area contributed by atoms with Gasteiger partial charge in [-0.2, -0.15) is 0 Å². The van der Waals surface area contributed by atoms with E-state index >= 15 is 0 Å². The Kier molecular flexibility index (Phi) is 4.25. The summed E-state index contributed by atoms with van der Waals surface area (Å²) in [6.07, 6.45) is 6.74. The van der Waals surface area contributed by atoms with E-state index in [1.165, 1.54) is 17.5 Å². The number of carbonyl (C=O) groups is 2. The van der Waals surface area contributed by atoms with Gasteiger partial charge in [0.1, 0.15) is 5.69 Å². The lowest BCUT2D eigenvalue weighted by molar-refractivity contribution is 0.0554. The Morgan fingerprint density at radius 1 is 1.20 bits per heavy atom. The third kappa shape index (κ3) is 3.16. The molecule has 7 heteroatoms. The highest BCUT2D eigenvalue weighted by molar-refractivity contribution is 7.12. The topological polar surface area (TPSA) is 75.2 Å². The predicted molar refractivity (Wildman–Crippen MR) is 94.6 cm³/mol. The Hall–Kier alpha value is -2.28. The molecule has 4 heterocycles. The predicted octanol–water partition coefficient (Wildman–Crippen LogP) is 2.41. The van der Waals surface area contributed by atoms with Crippen LogP contribution < -0.4 is 5.32 Å². The smallest absolute Gasteiger partial charge is 0.271 e. The number of hydrogen-bond donors (Lipinski definition) is 1. The average Bonchev–Trinajstić information content (AvgIpc) is 3.22. The number of aryl methyl sites for hydroxylation is 1. The van der Waals surface area contributed by atoms with Crippen LogP contribution in [0.1, 0.15) is 51.5 Å². The van der Waals surface area contributed by atoms with Crippen molar-refractivity contribution in [3.05, 3.63) is 46.2 Å². The van der Waals surface area contributed by atoms with E-state index in [1.807, 2.05) is 29.3 Å². The van der Waals surface area contributed by atoms with Crippen molar-refractivity contribution in [3.8, 4) is 0 Å².